The van der Waals surface area contributed by atoms with E-state index < -0.39 is 0 Å². The van der Waals surface area contributed by atoms with E-state index >= 15 is 0 Å². The van der Waals surface area contributed by atoms with Crippen molar-refractivity contribution in [2.45, 2.75) is 45.6 Å². The molecule has 2 heterocycles. The molecule has 1 saturated heterocycles. The zero-order valence-corrected chi connectivity index (χ0v) is 18.7. The number of benzene rings is 1. The van der Waals surface area contributed by atoms with Crippen molar-refractivity contribution in [3.05, 3.63) is 23.5 Å². The SMILES string of the molecule is CCN(CCOC)C1CCN(c2noc(-c3cc(OC)c(C(C)C)cc3F)n2)CC1. The Morgan fingerprint density at radius 1 is 1.27 bits per heavy atom. The molecule has 30 heavy (non-hydrogen) atoms. The fourth-order valence-corrected chi connectivity index (χ4v) is 4.05. The van der Waals surface area contributed by atoms with Crippen molar-refractivity contribution in [3.63, 3.8) is 0 Å². The molecule has 1 fully saturated rings. The van der Waals surface area contributed by atoms with Gasteiger partial charge in [-0.2, -0.15) is 4.98 Å². The molecule has 0 unspecified atom stereocenters. The van der Waals surface area contributed by atoms with Crippen LogP contribution in [-0.4, -0.2) is 68.1 Å². The van der Waals surface area contributed by atoms with E-state index in [1.54, 1.807) is 20.3 Å². The molecule has 1 aromatic carbocycles. The molecule has 8 heteroatoms. The maximum atomic E-state index is 14.7. The molecule has 0 radical (unpaired) electrons. The quantitative estimate of drug-likeness (QED) is 0.609. The number of piperidine rings is 1. The number of hydrogen-bond donors (Lipinski definition) is 0. The molecule has 1 aliphatic heterocycles. The van der Waals surface area contributed by atoms with Gasteiger partial charge in [-0.25, -0.2) is 4.39 Å². The summed E-state index contributed by atoms with van der Waals surface area (Å²) in [6.07, 6.45) is 2.04. The fraction of sp³-hybridized carbons (Fsp3) is 0.636. The van der Waals surface area contributed by atoms with Crippen LogP contribution >= 0.6 is 0 Å². The van der Waals surface area contributed by atoms with Crippen molar-refractivity contribution in [1.29, 1.82) is 0 Å². The first-order chi connectivity index (χ1) is 14.5. The highest BCUT2D eigenvalue weighted by Gasteiger charge is 2.27. The van der Waals surface area contributed by atoms with E-state index in [0.717, 1.165) is 51.2 Å². The molecular formula is C22H33FN4O3. The number of likely N-dealkylation sites (N-methyl/N-ethyl adjacent to an activating group) is 1. The number of anilines is 1. The fourth-order valence-electron chi connectivity index (χ4n) is 4.05. The van der Waals surface area contributed by atoms with Crippen LogP contribution in [0.2, 0.25) is 0 Å². The minimum absolute atomic E-state index is 0.148. The molecule has 0 bridgehead atoms. The van der Waals surface area contributed by atoms with Crippen LogP contribution in [0.1, 0.15) is 45.1 Å². The van der Waals surface area contributed by atoms with Gasteiger partial charge in [-0.3, -0.25) is 4.90 Å². The topological polar surface area (TPSA) is 63.9 Å². The van der Waals surface area contributed by atoms with E-state index in [-0.39, 0.29) is 23.2 Å². The van der Waals surface area contributed by atoms with Crippen LogP contribution in [0.25, 0.3) is 11.5 Å². The van der Waals surface area contributed by atoms with Crippen molar-refractivity contribution in [2.24, 2.45) is 0 Å². The number of aromatic nitrogens is 2. The van der Waals surface area contributed by atoms with E-state index in [0.29, 0.717) is 17.7 Å². The lowest BCUT2D eigenvalue weighted by molar-refractivity contribution is 0.112. The number of methoxy groups -OCH3 is 2. The summed E-state index contributed by atoms with van der Waals surface area (Å²) in [4.78, 5) is 9.03. The van der Waals surface area contributed by atoms with Crippen molar-refractivity contribution in [2.75, 3.05) is 51.9 Å². The maximum Gasteiger partial charge on any atom is 0.266 e. The Labute approximate surface area is 178 Å². The van der Waals surface area contributed by atoms with Gasteiger partial charge in [0.25, 0.3) is 11.8 Å². The summed E-state index contributed by atoms with van der Waals surface area (Å²) in [5, 5.41) is 4.11. The van der Waals surface area contributed by atoms with Crippen LogP contribution in [0.3, 0.4) is 0 Å². The monoisotopic (exact) mass is 420 g/mol. The normalized spacial score (nSPS) is 15.4. The second-order valence-corrected chi connectivity index (χ2v) is 7.97. The van der Waals surface area contributed by atoms with Gasteiger partial charge in [-0.05, 0) is 48.2 Å². The molecule has 0 N–H and O–H groups in total. The molecule has 0 aliphatic carbocycles. The van der Waals surface area contributed by atoms with Crippen molar-refractivity contribution in [3.8, 4) is 17.2 Å². The predicted molar refractivity (Wildman–Crippen MR) is 115 cm³/mol. The van der Waals surface area contributed by atoms with Crippen LogP contribution in [-0.2, 0) is 4.74 Å². The third-order valence-electron chi connectivity index (χ3n) is 5.84. The van der Waals surface area contributed by atoms with Gasteiger partial charge >= 0.3 is 0 Å². The summed E-state index contributed by atoms with van der Waals surface area (Å²) < 4.78 is 30.8. The molecule has 2 aromatic rings. The zero-order chi connectivity index (χ0) is 21.7. The number of rotatable bonds is 9. The van der Waals surface area contributed by atoms with Gasteiger partial charge in [0.2, 0.25) is 0 Å². The summed E-state index contributed by atoms with van der Waals surface area (Å²) in [5.74, 6) is 1.07. The Morgan fingerprint density at radius 3 is 2.60 bits per heavy atom. The molecule has 3 rings (SSSR count). The summed E-state index contributed by atoms with van der Waals surface area (Å²) in [7, 11) is 3.32. The first-order valence-electron chi connectivity index (χ1n) is 10.7. The Balaban J connectivity index is 1.70. The average molecular weight is 421 g/mol. The van der Waals surface area contributed by atoms with Gasteiger partial charge < -0.3 is 18.9 Å². The summed E-state index contributed by atoms with van der Waals surface area (Å²) >= 11 is 0. The van der Waals surface area contributed by atoms with Gasteiger partial charge in [0, 0.05) is 32.8 Å². The molecule has 0 spiro atoms. The largest absolute Gasteiger partial charge is 0.496 e. The zero-order valence-electron chi connectivity index (χ0n) is 18.7. The number of nitrogens with zero attached hydrogens (tertiary/aromatic N) is 4. The summed E-state index contributed by atoms with van der Waals surface area (Å²) in [6, 6.07) is 3.66. The lowest BCUT2D eigenvalue weighted by Crippen LogP contribution is -2.46. The molecule has 1 aromatic heterocycles. The van der Waals surface area contributed by atoms with Gasteiger partial charge in [-0.15, -0.1) is 0 Å². The van der Waals surface area contributed by atoms with E-state index in [2.05, 4.69) is 26.9 Å². The third kappa shape index (κ3) is 4.92. The lowest BCUT2D eigenvalue weighted by Gasteiger charge is -2.37. The number of ether oxygens (including phenoxy) is 2. The first kappa shape index (κ1) is 22.5. The number of halogens is 1. The van der Waals surface area contributed by atoms with E-state index in [9.17, 15) is 4.39 Å². The van der Waals surface area contributed by atoms with Crippen molar-refractivity contribution in [1.82, 2.24) is 15.0 Å². The standard InChI is InChI=1S/C22H33FN4O3/c1-6-26(11-12-28-4)16-7-9-27(10-8-16)22-24-21(30-25-22)18-14-20(29-5)17(15(2)3)13-19(18)23/h13-16H,6-12H2,1-5H3. The first-order valence-corrected chi connectivity index (χ1v) is 10.7. The maximum absolute atomic E-state index is 14.7. The second kappa shape index (κ2) is 10.2. The van der Waals surface area contributed by atoms with Crippen LogP contribution < -0.4 is 9.64 Å². The van der Waals surface area contributed by atoms with E-state index in [1.165, 1.54) is 6.07 Å². The molecule has 0 saturated carbocycles. The summed E-state index contributed by atoms with van der Waals surface area (Å²) in [5.41, 5.74) is 1.08. The Kier molecular flexibility index (Phi) is 7.66. The van der Waals surface area contributed by atoms with Crippen LogP contribution in [0, 0.1) is 5.82 Å². The Bertz CT molecular complexity index is 819. The van der Waals surface area contributed by atoms with Crippen LogP contribution in [0.15, 0.2) is 16.7 Å². The minimum atomic E-state index is -0.384. The molecular weight excluding hydrogens is 387 g/mol. The second-order valence-electron chi connectivity index (χ2n) is 7.97. The highest BCUT2D eigenvalue weighted by molar-refractivity contribution is 5.60. The van der Waals surface area contributed by atoms with Crippen molar-refractivity contribution < 1.29 is 18.4 Å². The Morgan fingerprint density at radius 2 is 2.00 bits per heavy atom. The summed E-state index contributed by atoms with van der Waals surface area (Å²) in [6.45, 7) is 10.6. The van der Waals surface area contributed by atoms with Crippen molar-refractivity contribution >= 4 is 5.95 Å². The minimum Gasteiger partial charge on any atom is -0.496 e. The van der Waals surface area contributed by atoms with Crippen LogP contribution in [0.5, 0.6) is 5.75 Å². The molecule has 166 valence electrons. The average Bonchev–Trinajstić information content (AvgIpc) is 3.24. The predicted octanol–water partition coefficient (Wildman–Crippen LogP) is 3.94. The van der Waals surface area contributed by atoms with E-state index in [4.69, 9.17) is 14.0 Å². The van der Waals surface area contributed by atoms with Crippen LogP contribution in [0.4, 0.5) is 10.3 Å². The number of hydrogen-bond acceptors (Lipinski definition) is 7. The third-order valence-corrected chi connectivity index (χ3v) is 5.84. The smallest absolute Gasteiger partial charge is 0.266 e. The van der Waals surface area contributed by atoms with Gasteiger partial charge in [0.1, 0.15) is 11.6 Å². The Hall–Kier alpha value is -2.19. The highest BCUT2D eigenvalue weighted by atomic mass is 19.1. The molecule has 1 aliphatic rings. The van der Waals surface area contributed by atoms with Gasteiger partial charge in [0.15, 0.2) is 0 Å². The molecule has 7 nitrogen and oxygen atoms in total. The van der Waals surface area contributed by atoms with E-state index in [1.807, 2.05) is 13.8 Å². The molecule has 0 atom stereocenters. The van der Waals surface area contributed by atoms with Gasteiger partial charge in [0.05, 0.1) is 19.3 Å². The lowest BCUT2D eigenvalue weighted by atomic mass is 9.99. The molecule has 0 amide bonds. The highest BCUT2D eigenvalue weighted by Crippen LogP contribution is 2.34. The van der Waals surface area contributed by atoms with Gasteiger partial charge in [-0.1, -0.05) is 20.8 Å².